The first-order valence-electron chi connectivity index (χ1n) is 8.77. The van der Waals surface area contributed by atoms with E-state index >= 15 is 0 Å². The van der Waals surface area contributed by atoms with Crippen molar-refractivity contribution in [3.8, 4) is 5.75 Å². The summed E-state index contributed by atoms with van der Waals surface area (Å²) in [5, 5.41) is 4.52. The van der Waals surface area contributed by atoms with Gasteiger partial charge >= 0.3 is 0 Å². The Kier molecular flexibility index (Phi) is 6.13. The molecule has 0 aliphatic rings. The molecule has 1 aromatic heterocycles. The molecule has 1 aromatic carbocycles. The number of aromatic nitrogens is 2. The van der Waals surface area contributed by atoms with Gasteiger partial charge in [-0.15, -0.1) is 0 Å². The van der Waals surface area contributed by atoms with Crippen molar-refractivity contribution in [3.05, 3.63) is 41.7 Å². The van der Waals surface area contributed by atoms with Crippen LogP contribution in [0.15, 0.2) is 35.4 Å². The molecule has 26 heavy (non-hydrogen) atoms. The second-order valence-electron chi connectivity index (χ2n) is 7.66. The topological polar surface area (TPSA) is 73.2 Å². The zero-order valence-electron chi connectivity index (χ0n) is 16.4. The molecule has 0 aliphatic carbocycles. The highest BCUT2D eigenvalue weighted by Crippen LogP contribution is 2.28. The maximum Gasteiger partial charge on any atom is 0.244 e. The van der Waals surface area contributed by atoms with E-state index in [1.807, 2.05) is 58.9 Å². The lowest BCUT2D eigenvalue weighted by Crippen LogP contribution is -2.28. The summed E-state index contributed by atoms with van der Waals surface area (Å²) in [6.07, 6.45) is 2.23. The number of sulfonamides is 1. The molecule has 144 valence electrons. The number of nitrogens with zero attached hydrogens (tertiary/aromatic N) is 2. The van der Waals surface area contributed by atoms with Gasteiger partial charge in [-0.05, 0) is 38.0 Å². The maximum absolute atomic E-state index is 12.8. The molecule has 0 radical (unpaired) electrons. The average Bonchev–Trinajstić information content (AvgIpc) is 3.02. The van der Waals surface area contributed by atoms with Crippen LogP contribution in [0, 0.1) is 0 Å². The minimum atomic E-state index is -3.63. The van der Waals surface area contributed by atoms with Gasteiger partial charge in [0.1, 0.15) is 10.6 Å². The molecule has 6 nitrogen and oxygen atoms in total. The standard InChI is InChI=1S/C19H29N3O3S/c1-14(2)22-13-17(18(21-22)19(3,4)5)26(23,24)20-12-11-15-7-9-16(25-6)10-8-15/h7-10,13-14,20H,11-12H2,1-6H3. The molecule has 0 saturated heterocycles. The van der Waals surface area contributed by atoms with Crippen LogP contribution in [-0.2, 0) is 21.9 Å². The molecule has 0 aliphatic heterocycles. The second kappa shape index (κ2) is 7.80. The molecule has 2 rings (SSSR count). The van der Waals surface area contributed by atoms with Crippen LogP contribution in [0.5, 0.6) is 5.75 Å². The number of nitrogens with one attached hydrogen (secondary N) is 1. The van der Waals surface area contributed by atoms with E-state index in [9.17, 15) is 8.42 Å². The summed E-state index contributed by atoms with van der Waals surface area (Å²) in [5.74, 6) is 0.783. The number of benzene rings is 1. The van der Waals surface area contributed by atoms with Gasteiger partial charge in [-0.25, -0.2) is 13.1 Å². The Morgan fingerprint density at radius 3 is 2.31 bits per heavy atom. The van der Waals surface area contributed by atoms with Crippen molar-refractivity contribution in [2.24, 2.45) is 0 Å². The molecule has 0 unspecified atom stereocenters. The van der Waals surface area contributed by atoms with Crippen molar-refractivity contribution in [1.29, 1.82) is 0 Å². The molecule has 0 amide bonds. The zero-order chi connectivity index (χ0) is 19.5. The highest BCUT2D eigenvalue weighted by Gasteiger charge is 2.30. The lowest BCUT2D eigenvalue weighted by Gasteiger charge is -2.17. The van der Waals surface area contributed by atoms with Gasteiger partial charge in [0.15, 0.2) is 0 Å². The number of rotatable bonds is 7. The van der Waals surface area contributed by atoms with E-state index in [-0.39, 0.29) is 16.4 Å². The van der Waals surface area contributed by atoms with Crippen LogP contribution in [0.4, 0.5) is 0 Å². The molecule has 1 heterocycles. The Labute approximate surface area is 156 Å². The Morgan fingerprint density at radius 1 is 1.19 bits per heavy atom. The summed E-state index contributed by atoms with van der Waals surface area (Å²) in [6, 6.07) is 7.71. The van der Waals surface area contributed by atoms with Crippen LogP contribution >= 0.6 is 0 Å². The molecule has 0 saturated carbocycles. The lowest BCUT2D eigenvalue weighted by atomic mass is 9.92. The smallest absolute Gasteiger partial charge is 0.244 e. The van der Waals surface area contributed by atoms with Gasteiger partial charge in [0.05, 0.1) is 12.8 Å². The highest BCUT2D eigenvalue weighted by atomic mass is 32.2. The number of methoxy groups -OCH3 is 1. The van der Waals surface area contributed by atoms with Crippen molar-refractivity contribution in [3.63, 3.8) is 0 Å². The monoisotopic (exact) mass is 379 g/mol. The molecule has 0 spiro atoms. The van der Waals surface area contributed by atoms with Crippen molar-refractivity contribution in [2.75, 3.05) is 13.7 Å². The van der Waals surface area contributed by atoms with Crippen LogP contribution in [0.2, 0.25) is 0 Å². The summed E-state index contributed by atoms with van der Waals surface area (Å²) in [6.45, 7) is 10.2. The SMILES string of the molecule is COc1ccc(CCNS(=O)(=O)c2cn(C(C)C)nc2C(C)(C)C)cc1. The fourth-order valence-electron chi connectivity index (χ4n) is 2.56. The third-order valence-corrected chi connectivity index (χ3v) is 5.55. The van der Waals surface area contributed by atoms with E-state index in [4.69, 9.17) is 4.74 Å². The van der Waals surface area contributed by atoms with Gasteiger partial charge < -0.3 is 4.74 Å². The van der Waals surface area contributed by atoms with Crippen LogP contribution in [-0.4, -0.2) is 31.9 Å². The summed E-state index contributed by atoms with van der Waals surface area (Å²) in [7, 11) is -2.01. The fraction of sp³-hybridized carbons (Fsp3) is 0.526. The highest BCUT2D eigenvalue weighted by molar-refractivity contribution is 7.89. The fourth-order valence-corrected chi connectivity index (χ4v) is 3.93. The largest absolute Gasteiger partial charge is 0.497 e. The van der Waals surface area contributed by atoms with Crippen LogP contribution in [0.25, 0.3) is 0 Å². The molecule has 0 bridgehead atoms. The van der Waals surface area contributed by atoms with Crippen molar-refractivity contribution >= 4 is 10.0 Å². The molecule has 7 heteroatoms. The first-order valence-corrected chi connectivity index (χ1v) is 10.2. The van der Waals surface area contributed by atoms with Gasteiger partial charge in [-0.1, -0.05) is 32.9 Å². The summed E-state index contributed by atoms with van der Waals surface area (Å²) < 4.78 is 35.2. The van der Waals surface area contributed by atoms with E-state index in [2.05, 4.69) is 9.82 Å². The molecule has 2 aromatic rings. The summed E-state index contributed by atoms with van der Waals surface area (Å²) >= 11 is 0. The third kappa shape index (κ3) is 4.86. The molecule has 0 atom stereocenters. The van der Waals surface area contributed by atoms with Gasteiger partial charge in [0.25, 0.3) is 0 Å². The predicted molar refractivity (Wildman–Crippen MR) is 103 cm³/mol. The predicted octanol–water partition coefficient (Wildman–Crippen LogP) is 3.29. The first-order chi connectivity index (χ1) is 12.0. The minimum absolute atomic E-state index is 0.0966. The van der Waals surface area contributed by atoms with E-state index in [1.54, 1.807) is 18.0 Å². The summed E-state index contributed by atoms with van der Waals surface area (Å²) in [5.41, 5.74) is 1.27. The van der Waals surface area contributed by atoms with Crippen LogP contribution in [0.3, 0.4) is 0 Å². The number of ether oxygens (including phenoxy) is 1. The zero-order valence-corrected chi connectivity index (χ0v) is 17.2. The Balaban J connectivity index is 2.16. The number of hydrogen-bond acceptors (Lipinski definition) is 4. The maximum atomic E-state index is 12.8. The Bertz CT molecular complexity index is 832. The third-order valence-electron chi connectivity index (χ3n) is 4.09. The quantitative estimate of drug-likeness (QED) is 0.801. The normalized spacial score (nSPS) is 12.6. The Hall–Kier alpha value is -1.86. The molecular weight excluding hydrogens is 350 g/mol. The van der Waals surface area contributed by atoms with E-state index in [0.29, 0.717) is 18.7 Å². The second-order valence-corrected chi connectivity index (χ2v) is 9.40. The Morgan fingerprint density at radius 2 is 1.81 bits per heavy atom. The number of hydrogen-bond donors (Lipinski definition) is 1. The summed E-state index contributed by atoms with van der Waals surface area (Å²) in [4.78, 5) is 0.258. The van der Waals surface area contributed by atoms with Gasteiger partial charge in [-0.3, -0.25) is 4.68 Å². The lowest BCUT2D eigenvalue weighted by molar-refractivity contribution is 0.414. The average molecular weight is 380 g/mol. The van der Waals surface area contributed by atoms with Crippen LogP contribution < -0.4 is 9.46 Å². The van der Waals surface area contributed by atoms with E-state index < -0.39 is 10.0 Å². The minimum Gasteiger partial charge on any atom is -0.497 e. The van der Waals surface area contributed by atoms with E-state index in [0.717, 1.165) is 11.3 Å². The molecule has 1 N–H and O–H groups in total. The van der Waals surface area contributed by atoms with Gasteiger partial charge in [-0.2, -0.15) is 5.10 Å². The van der Waals surface area contributed by atoms with Gasteiger partial charge in [0.2, 0.25) is 10.0 Å². The van der Waals surface area contributed by atoms with Gasteiger partial charge in [0, 0.05) is 24.2 Å². The molecule has 0 fully saturated rings. The van der Waals surface area contributed by atoms with Crippen molar-refractivity contribution in [1.82, 2.24) is 14.5 Å². The molecular formula is C19H29N3O3S. The van der Waals surface area contributed by atoms with Crippen molar-refractivity contribution < 1.29 is 13.2 Å². The first kappa shape index (κ1) is 20.5. The van der Waals surface area contributed by atoms with Crippen molar-refractivity contribution in [2.45, 2.75) is 57.4 Å². The van der Waals surface area contributed by atoms with E-state index in [1.165, 1.54) is 0 Å². The van der Waals surface area contributed by atoms with Crippen LogP contribution in [0.1, 0.15) is 51.9 Å².